The molecule has 0 saturated heterocycles. The van der Waals surface area contributed by atoms with E-state index in [0.717, 1.165) is 12.0 Å². The normalized spacial score (nSPS) is 30.3. The first kappa shape index (κ1) is 10.2. The maximum absolute atomic E-state index is 11.3. The van der Waals surface area contributed by atoms with Crippen LogP contribution in [0.1, 0.15) is 24.8 Å². The van der Waals surface area contributed by atoms with Crippen LogP contribution in [0, 0.1) is 0 Å². The third-order valence-electron chi connectivity index (χ3n) is 3.33. The number of carboxylic acid groups (broad SMARTS) is 1. The average Bonchev–Trinajstić information content (AvgIpc) is 2.63. The van der Waals surface area contributed by atoms with Crippen LogP contribution in [0.25, 0.3) is 0 Å². The summed E-state index contributed by atoms with van der Waals surface area (Å²) in [6.07, 6.45) is 2.11. The molecule has 3 N–H and O–H groups in total. The monoisotopic (exact) mass is 205 g/mol. The van der Waals surface area contributed by atoms with Crippen LogP contribution in [0.3, 0.4) is 0 Å². The largest absolute Gasteiger partial charge is 0.549 e. The van der Waals surface area contributed by atoms with E-state index in [-0.39, 0.29) is 6.04 Å². The zero-order valence-electron chi connectivity index (χ0n) is 8.61. The van der Waals surface area contributed by atoms with Gasteiger partial charge in [0.15, 0.2) is 0 Å². The second kappa shape index (κ2) is 3.66. The fourth-order valence-electron chi connectivity index (χ4n) is 2.47. The van der Waals surface area contributed by atoms with Gasteiger partial charge in [-0.25, -0.2) is 0 Å². The number of carboxylic acids is 1. The van der Waals surface area contributed by atoms with Crippen LogP contribution < -0.4 is 10.8 Å². The van der Waals surface area contributed by atoms with E-state index >= 15 is 0 Å². The van der Waals surface area contributed by atoms with Gasteiger partial charge in [-0.2, -0.15) is 0 Å². The molecule has 0 amide bonds. The van der Waals surface area contributed by atoms with Crippen molar-refractivity contribution in [1.82, 2.24) is 0 Å². The van der Waals surface area contributed by atoms with E-state index in [9.17, 15) is 9.90 Å². The standard InChI is InChI=1S/C12H15NO2/c13-10-6-7-12(8-10,11(14)15)9-4-2-1-3-5-9/h1-5,10H,6-8,13H2,(H,14,15)/t10-,12+/m0/s1. The molecule has 1 aromatic rings. The number of quaternary nitrogens is 1. The van der Waals surface area contributed by atoms with Crippen LogP contribution in [-0.4, -0.2) is 12.0 Å². The van der Waals surface area contributed by atoms with Gasteiger partial charge >= 0.3 is 0 Å². The SMILES string of the molecule is [NH3+][C@H]1CC[C@](C(=O)[O-])(c2ccccc2)C1. The molecule has 0 heterocycles. The maximum Gasteiger partial charge on any atom is 0.0856 e. The summed E-state index contributed by atoms with van der Waals surface area (Å²) in [5.74, 6) is -0.958. The van der Waals surface area contributed by atoms with E-state index in [1.54, 1.807) is 0 Å². The smallest absolute Gasteiger partial charge is 0.0856 e. The molecule has 80 valence electrons. The van der Waals surface area contributed by atoms with E-state index in [2.05, 4.69) is 5.73 Å². The van der Waals surface area contributed by atoms with Gasteiger partial charge in [0.25, 0.3) is 0 Å². The van der Waals surface area contributed by atoms with Gasteiger partial charge < -0.3 is 15.6 Å². The van der Waals surface area contributed by atoms with Gasteiger partial charge in [0.1, 0.15) is 0 Å². The Morgan fingerprint density at radius 1 is 1.40 bits per heavy atom. The summed E-state index contributed by atoms with van der Waals surface area (Å²) in [4.78, 5) is 11.3. The molecule has 1 saturated carbocycles. The Kier molecular flexibility index (Phi) is 2.49. The lowest BCUT2D eigenvalue weighted by molar-refractivity contribution is -0.418. The fraction of sp³-hybridized carbons (Fsp3) is 0.417. The maximum atomic E-state index is 11.3. The molecule has 1 aromatic carbocycles. The second-order valence-corrected chi connectivity index (χ2v) is 4.34. The molecule has 1 aliphatic carbocycles. The van der Waals surface area contributed by atoms with Crippen molar-refractivity contribution in [2.75, 3.05) is 0 Å². The highest BCUT2D eigenvalue weighted by Crippen LogP contribution is 2.39. The van der Waals surface area contributed by atoms with Gasteiger partial charge in [-0.05, 0) is 12.0 Å². The number of benzene rings is 1. The molecule has 2 atom stereocenters. The van der Waals surface area contributed by atoms with Gasteiger partial charge in [0.2, 0.25) is 0 Å². The Labute approximate surface area is 88.9 Å². The lowest BCUT2D eigenvalue weighted by atomic mass is 9.79. The van der Waals surface area contributed by atoms with Crippen molar-refractivity contribution in [1.29, 1.82) is 0 Å². The van der Waals surface area contributed by atoms with Gasteiger partial charge in [-0.1, -0.05) is 30.3 Å². The summed E-state index contributed by atoms with van der Waals surface area (Å²) in [5, 5.41) is 11.3. The Balaban J connectivity index is 2.41. The zero-order valence-corrected chi connectivity index (χ0v) is 8.61. The van der Waals surface area contributed by atoms with Crippen LogP contribution in [-0.2, 0) is 10.2 Å². The van der Waals surface area contributed by atoms with Crippen molar-refractivity contribution >= 4 is 5.97 Å². The number of hydrogen-bond donors (Lipinski definition) is 1. The van der Waals surface area contributed by atoms with E-state index in [1.807, 2.05) is 30.3 Å². The number of carbonyl (C=O) groups is 1. The first-order valence-electron chi connectivity index (χ1n) is 5.25. The van der Waals surface area contributed by atoms with E-state index < -0.39 is 11.4 Å². The topological polar surface area (TPSA) is 67.8 Å². The average molecular weight is 205 g/mol. The summed E-state index contributed by atoms with van der Waals surface area (Å²) < 4.78 is 0. The molecule has 1 aliphatic rings. The highest BCUT2D eigenvalue weighted by Gasteiger charge is 2.42. The van der Waals surface area contributed by atoms with Gasteiger partial charge in [-0.15, -0.1) is 0 Å². The summed E-state index contributed by atoms with van der Waals surface area (Å²) in [5.41, 5.74) is 4.01. The van der Waals surface area contributed by atoms with Crippen molar-refractivity contribution in [3.05, 3.63) is 35.9 Å². The van der Waals surface area contributed by atoms with Crippen molar-refractivity contribution in [3.63, 3.8) is 0 Å². The number of hydrogen-bond acceptors (Lipinski definition) is 2. The molecule has 0 bridgehead atoms. The summed E-state index contributed by atoms with van der Waals surface area (Å²) >= 11 is 0. The molecule has 3 nitrogen and oxygen atoms in total. The highest BCUT2D eigenvalue weighted by molar-refractivity contribution is 5.80. The highest BCUT2D eigenvalue weighted by atomic mass is 16.4. The summed E-state index contributed by atoms with van der Waals surface area (Å²) in [6.45, 7) is 0. The third kappa shape index (κ3) is 1.63. The molecule has 15 heavy (non-hydrogen) atoms. The predicted molar refractivity (Wildman–Crippen MR) is 53.7 cm³/mol. The predicted octanol–water partition coefficient (Wildman–Crippen LogP) is -0.531. The molecular weight excluding hydrogens is 190 g/mol. The summed E-state index contributed by atoms with van der Waals surface area (Å²) in [7, 11) is 0. The van der Waals surface area contributed by atoms with Gasteiger partial charge in [-0.3, -0.25) is 0 Å². The molecule has 1 fully saturated rings. The number of rotatable bonds is 2. The quantitative estimate of drug-likeness (QED) is 0.705. The molecule has 0 unspecified atom stereocenters. The lowest BCUT2D eigenvalue weighted by Crippen LogP contribution is -2.60. The Bertz CT molecular complexity index is 363. The minimum Gasteiger partial charge on any atom is -0.549 e. The van der Waals surface area contributed by atoms with Crippen molar-refractivity contribution < 1.29 is 15.6 Å². The Hall–Kier alpha value is -1.35. The van der Waals surface area contributed by atoms with Crippen LogP contribution in [0.15, 0.2) is 30.3 Å². The molecule has 2 rings (SSSR count). The molecule has 0 radical (unpaired) electrons. The van der Waals surface area contributed by atoms with E-state index in [4.69, 9.17) is 0 Å². The number of carbonyl (C=O) groups excluding carboxylic acids is 1. The second-order valence-electron chi connectivity index (χ2n) is 4.34. The van der Waals surface area contributed by atoms with Crippen molar-refractivity contribution in [2.45, 2.75) is 30.7 Å². The molecule has 3 heteroatoms. The molecule has 0 spiro atoms. The molecule has 0 aliphatic heterocycles. The fourth-order valence-corrected chi connectivity index (χ4v) is 2.47. The Morgan fingerprint density at radius 2 is 2.07 bits per heavy atom. The first-order valence-corrected chi connectivity index (χ1v) is 5.25. The van der Waals surface area contributed by atoms with Crippen LogP contribution in [0.4, 0.5) is 0 Å². The Morgan fingerprint density at radius 3 is 2.53 bits per heavy atom. The first-order chi connectivity index (χ1) is 7.15. The minimum absolute atomic E-state index is 0.225. The van der Waals surface area contributed by atoms with Crippen molar-refractivity contribution in [2.24, 2.45) is 0 Å². The molecular formula is C12H15NO2. The van der Waals surface area contributed by atoms with Gasteiger partial charge in [0.05, 0.1) is 12.0 Å². The van der Waals surface area contributed by atoms with Crippen LogP contribution >= 0.6 is 0 Å². The summed E-state index contributed by atoms with van der Waals surface area (Å²) in [6, 6.07) is 9.60. The van der Waals surface area contributed by atoms with E-state index in [0.29, 0.717) is 12.8 Å². The number of aliphatic carboxylic acids is 1. The van der Waals surface area contributed by atoms with Crippen molar-refractivity contribution in [3.8, 4) is 0 Å². The van der Waals surface area contributed by atoms with Crippen LogP contribution in [0.5, 0.6) is 0 Å². The van der Waals surface area contributed by atoms with E-state index in [1.165, 1.54) is 0 Å². The molecule has 0 aromatic heterocycles. The van der Waals surface area contributed by atoms with Gasteiger partial charge in [0, 0.05) is 18.3 Å². The third-order valence-corrected chi connectivity index (χ3v) is 3.33. The zero-order chi connectivity index (χ0) is 10.9. The van der Waals surface area contributed by atoms with Crippen LogP contribution in [0.2, 0.25) is 0 Å². The lowest BCUT2D eigenvalue weighted by Gasteiger charge is -2.30. The minimum atomic E-state index is -0.958.